The summed E-state index contributed by atoms with van der Waals surface area (Å²) >= 11 is 5.88. The summed E-state index contributed by atoms with van der Waals surface area (Å²) < 4.78 is 13.4. The van der Waals surface area contributed by atoms with Crippen molar-refractivity contribution >= 4 is 17.4 Å². The van der Waals surface area contributed by atoms with Gasteiger partial charge < -0.3 is 0 Å². The van der Waals surface area contributed by atoms with Crippen molar-refractivity contribution in [1.82, 2.24) is 0 Å². The van der Waals surface area contributed by atoms with Gasteiger partial charge in [-0.05, 0) is 31.4 Å². The highest BCUT2D eigenvalue weighted by Crippen LogP contribution is 2.50. The fourth-order valence-electron chi connectivity index (χ4n) is 1.83. The Labute approximate surface area is 86.9 Å². The van der Waals surface area contributed by atoms with E-state index in [0.29, 0.717) is 10.6 Å². The molecule has 0 saturated heterocycles. The van der Waals surface area contributed by atoms with Crippen molar-refractivity contribution in [2.24, 2.45) is 5.92 Å². The van der Waals surface area contributed by atoms with Crippen molar-refractivity contribution < 1.29 is 9.18 Å². The number of carbonyl (C=O) groups is 1. The predicted molar refractivity (Wildman–Crippen MR) is 52.9 cm³/mol. The van der Waals surface area contributed by atoms with Crippen LogP contribution in [0.3, 0.4) is 0 Å². The Balaban J connectivity index is 2.31. The van der Waals surface area contributed by atoms with Gasteiger partial charge in [0.2, 0.25) is 0 Å². The van der Waals surface area contributed by atoms with E-state index < -0.39 is 0 Å². The molecule has 0 bridgehead atoms. The average Bonchev–Trinajstić information content (AvgIpc) is 2.83. The Kier molecular flexibility index (Phi) is 2.31. The third-order valence-electron chi connectivity index (χ3n) is 2.68. The minimum absolute atomic E-state index is 0.00111. The smallest absolute Gasteiger partial charge is 0.133 e. The fourth-order valence-corrected chi connectivity index (χ4v) is 2.13. The lowest BCUT2D eigenvalue weighted by Gasteiger charge is -2.03. The van der Waals surface area contributed by atoms with Crippen LogP contribution >= 0.6 is 11.6 Å². The van der Waals surface area contributed by atoms with E-state index >= 15 is 0 Å². The lowest BCUT2D eigenvalue weighted by Crippen LogP contribution is -1.97. The van der Waals surface area contributed by atoms with Crippen LogP contribution in [0, 0.1) is 11.7 Å². The summed E-state index contributed by atoms with van der Waals surface area (Å²) in [5.74, 6) is -0.203. The summed E-state index contributed by atoms with van der Waals surface area (Å²) in [5.41, 5.74) is 0.509. The monoisotopic (exact) mass is 212 g/mol. The number of carbonyl (C=O) groups excluding carboxylic acids is 1. The van der Waals surface area contributed by atoms with Gasteiger partial charge >= 0.3 is 0 Å². The maximum atomic E-state index is 13.4. The Morgan fingerprint density at radius 3 is 2.79 bits per heavy atom. The summed E-state index contributed by atoms with van der Waals surface area (Å²) in [5, 5.41) is 0.429. The van der Waals surface area contributed by atoms with Crippen LogP contribution in [0.2, 0.25) is 5.02 Å². The number of rotatable bonds is 2. The lowest BCUT2D eigenvalue weighted by atomic mass is 10.1. The topological polar surface area (TPSA) is 17.1 Å². The van der Waals surface area contributed by atoms with Crippen molar-refractivity contribution in [3.8, 4) is 0 Å². The molecule has 0 radical (unpaired) electrons. The zero-order valence-electron chi connectivity index (χ0n) is 7.76. The van der Waals surface area contributed by atoms with Crippen LogP contribution in [0.4, 0.5) is 4.39 Å². The normalized spacial score (nSPS) is 24.8. The van der Waals surface area contributed by atoms with Gasteiger partial charge in [0.15, 0.2) is 0 Å². The van der Waals surface area contributed by atoms with Gasteiger partial charge in [0, 0.05) is 16.5 Å². The highest BCUT2D eigenvalue weighted by molar-refractivity contribution is 6.31. The number of halogens is 2. The molecule has 1 fully saturated rings. The maximum Gasteiger partial charge on any atom is 0.133 e. The minimum Gasteiger partial charge on any atom is -0.300 e. The van der Waals surface area contributed by atoms with E-state index in [4.69, 9.17) is 11.6 Å². The van der Waals surface area contributed by atoms with Crippen LogP contribution in [0.15, 0.2) is 18.2 Å². The molecular weight excluding hydrogens is 203 g/mol. The van der Waals surface area contributed by atoms with Crippen LogP contribution < -0.4 is 0 Å². The number of benzene rings is 1. The Morgan fingerprint density at radius 2 is 2.29 bits per heavy atom. The molecule has 74 valence electrons. The van der Waals surface area contributed by atoms with E-state index in [0.717, 1.165) is 6.42 Å². The van der Waals surface area contributed by atoms with Crippen molar-refractivity contribution in [3.05, 3.63) is 34.6 Å². The highest BCUT2D eigenvalue weighted by Gasteiger charge is 2.44. The standard InChI is InChI=1S/C11H10ClFO/c1-6(14)7-5-8(7)11-9(12)3-2-4-10(11)13/h2-4,7-8H,5H2,1H3/t7-,8-/m1/s1. The second-order valence-corrected chi connectivity index (χ2v) is 4.10. The van der Waals surface area contributed by atoms with Gasteiger partial charge in [0.1, 0.15) is 11.6 Å². The molecule has 1 aromatic carbocycles. The number of hydrogen-bond acceptors (Lipinski definition) is 1. The molecule has 1 aromatic rings. The Bertz CT molecular complexity index is 369. The lowest BCUT2D eigenvalue weighted by molar-refractivity contribution is -0.118. The molecule has 0 N–H and O–H groups in total. The number of Topliss-reactive ketones (excluding diaryl/α,β-unsaturated/α-hetero) is 1. The molecule has 0 aliphatic heterocycles. The van der Waals surface area contributed by atoms with E-state index in [1.807, 2.05) is 0 Å². The highest BCUT2D eigenvalue weighted by atomic mass is 35.5. The van der Waals surface area contributed by atoms with E-state index in [9.17, 15) is 9.18 Å². The number of hydrogen-bond donors (Lipinski definition) is 0. The van der Waals surface area contributed by atoms with E-state index in [1.165, 1.54) is 6.07 Å². The molecular formula is C11H10ClFO. The largest absolute Gasteiger partial charge is 0.300 e. The molecule has 1 saturated carbocycles. The van der Waals surface area contributed by atoms with Crippen molar-refractivity contribution in [3.63, 3.8) is 0 Å². The molecule has 1 aliphatic rings. The van der Waals surface area contributed by atoms with E-state index in [2.05, 4.69) is 0 Å². The maximum absolute atomic E-state index is 13.4. The molecule has 0 unspecified atom stereocenters. The molecule has 2 atom stereocenters. The van der Waals surface area contributed by atoms with Gasteiger partial charge in [-0.25, -0.2) is 4.39 Å². The van der Waals surface area contributed by atoms with Gasteiger partial charge in [-0.1, -0.05) is 17.7 Å². The van der Waals surface area contributed by atoms with E-state index in [1.54, 1.807) is 19.1 Å². The summed E-state index contributed by atoms with van der Waals surface area (Å²) in [6, 6.07) is 4.62. The van der Waals surface area contributed by atoms with Gasteiger partial charge in [-0.3, -0.25) is 4.79 Å². The average molecular weight is 213 g/mol. The zero-order valence-corrected chi connectivity index (χ0v) is 8.51. The van der Waals surface area contributed by atoms with Crippen molar-refractivity contribution in [2.75, 3.05) is 0 Å². The second kappa shape index (κ2) is 3.35. The second-order valence-electron chi connectivity index (χ2n) is 3.69. The molecule has 1 aliphatic carbocycles. The molecule has 1 nitrogen and oxygen atoms in total. The van der Waals surface area contributed by atoms with Gasteiger partial charge in [0.25, 0.3) is 0 Å². The van der Waals surface area contributed by atoms with Crippen LogP contribution in [0.5, 0.6) is 0 Å². The molecule has 14 heavy (non-hydrogen) atoms. The van der Waals surface area contributed by atoms with Gasteiger partial charge in [-0.2, -0.15) is 0 Å². The summed E-state index contributed by atoms with van der Waals surface area (Å²) in [4.78, 5) is 11.0. The van der Waals surface area contributed by atoms with Crippen molar-refractivity contribution in [2.45, 2.75) is 19.3 Å². The third kappa shape index (κ3) is 1.55. The fraction of sp³-hybridized carbons (Fsp3) is 0.364. The first-order valence-electron chi connectivity index (χ1n) is 4.55. The molecule has 0 heterocycles. The quantitative estimate of drug-likeness (QED) is 0.736. The first-order valence-corrected chi connectivity index (χ1v) is 4.93. The molecule has 0 amide bonds. The molecule has 0 spiro atoms. The SMILES string of the molecule is CC(=O)[C@H]1C[C@H]1c1c(F)cccc1Cl. The van der Waals surface area contributed by atoms with Crippen LogP contribution in [-0.2, 0) is 4.79 Å². The predicted octanol–water partition coefficient (Wildman–Crippen LogP) is 3.17. The van der Waals surface area contributed by atoms with Gasteiger partial charge in [-0.15, -0.1) is 0 Å². The van der Waals surface area contributed by atoms with Gasteiger partial charge in [0.05, 0.1) is 0 Å². The molecule has 3 heteroatoms. The van der Waals surface area contributed by atoms with Crippen LogP contribution in [-0.4, -0.2) is 5.78 Å². The van der Waals surface area contributed by atoms with Crippen LogP contribution in [0.1, 0.15) is 24.8 Å². The minimum atomic E-state index is -0.300. The Hall–Kier alpha value is -0.890. The first kappa shape index (κ1) is 9.66. The first-order chi connectivity index (χ1) is 6.61. The third-order valence-corrected chi connectivity index (χ3v) is 3.01. The van der Waals surface area contributed by atoms with Crippen LogP contribution in [0.25, 0.3) is 0 Å². The summed E-state index contributed by atoms with van der Waals surface area (Å²) in [6.07, 6.45) is 0.732. The molecule has 2 rings (SSSR count). The van der Waals surface area contributed by atoms with E-state index in [-0.39, 0.29) is 23.4 Å². The zero-order chi connectivity index (χ0) is 10.3. The summed E-state index contributed by atoms with van der Waals surface area (Å²) in [7, 11) is 0. The number of ketones is 1. The Morgan fingerprint density at radius 1 is 1.57 bits per heavy atom. The van der Waals surface area contributed by atoms with Crippen molar-refractivity contribution in [1.29, 1.82) is 0 Å². The molecule has 0 aromatic heterocycles. The summed E-state index contributed by atoms with van der Waals surface area (Å²) in [6.45, 7) is 1.54.